The predicted molar refractivity (Wildman–Crippen MR) is 93.0 cm³/mol. The molecule has 0 atom stereocenters. The Morgan fingerprint density at radius 2 is 1.58 bits per heavy atom. The van der Waals surface area contributed by atoms with Crippen molar-refractivity contribution in [3.05, 3.63) is 59.7 Å². The molecule has 24 heavy (non-hydrogen) atoms. The number of rotatable bonds is 8. The lowest BCUT2D eigenvalue weighted by Crippen LogP contribution is -2.09. The maximum Gasteiger partial charge on any atom is 0.335 e. The molecule has 0 saturated carbocycles. The maximum absolute atomic E-state index is 12.2. The van der Waals surface area contributed by atoms with Gasteiger partial charge in [0.05, 0.1) is 11.7 Å². The molecule has 0 aliphatic heterocycles. The van der Waals surface area contributed by atoms with Crippen LogP contribution >= 0.6 is 0 Å². The van der Waals surface area contributed by atoms with Gasteiger partial charge >= 0.3 is 5.97 Å². The molecule has 0 aliphatic carbocycles. The molecule has 0 unspecified atom stereocenters. The molecule has 0 spiro atoms. The minimum Gasteiger partial charge on any atom is -0.491 e. The molecule has 0 fully saturated rings. The van der Waals surface area contributed by atoms with Crippen molar-refractivity contribution in [1.82, 2.24) is 0 Å². The van der Waals surface area contributed by atoms with Gasteiger partial charge in [0.25, 0.3) is 0 Å². The fraction of sp³-hybridized carbons (Fsp3) is 0.263. The highest BCUT2D eigenvalue weighted by atomic mass is 16.5. The van der Waals surface area contributed by atoms with Crippen LogP contribution in [0.2, 0.25) is 0 Å². The highest BCUT2D eigenvalue weighted by Crippen LogP contribution is 2.15. The van der Waals surface area contributed by atoms with Gasteiger partial charge in [0.15, 0.2) is 5.78 Å². The normalized spacial score (nSPS) is 10.5. The number of carboxylic acids is 1. The predicted octanol–water partition coefficient (Wildman–Crippen LogP) is 3.86. The highest BCUT2D eigenvalue weighted by Gasteiger charge is 2.07. The zero-order chi connectivity index (χ0) is 17.5. The van der Waals surface area contributed by atoms with E-state index in [9.17, 15) is 9.59 Å². The zero-order valence-corrected chi connectivity index (χ0v) is 13.8. The third kappa shape index (κ3) is 5.12. The number of carboxylic acid groups (broad SMARTS) is 1. The third-order valence-electron chi connectivity index (χ3n) is 3.36. The number of hydrogen-bond donors (Lipinski definition) is 2. The summed E-state index contributed by atoms with van der Waals surface area (Å²) < 4.78 is 5.55. The van der Waals surface area contributed by atoms with Crippen LogP contribution in [-0.2, 0) is 0 Å². The Balaban J connectivity index is 1.83. The van der Waals surface area contributed by atoms with E-state index in [1.165, 1.54) is 12.1 Å². The van der Waals surface area contributed by atoms with Gasteiger partial charge in [0.1, 0.15) is 5.75 Å². The molecule has 0 amide bonds. The van der Waals surface area contributed by atoms with Gasteiger partial charge < -0.3 is 15.2 Å². The first kappa shape index (κ1) is 17.5. The van der Waals surface area contributed by atoms with Crippen LogP contribution in [0.4, 0.5) is 5.69 Å². The van der Waals surface area contributed by atoms with E-state index in [1.54, 1.807) is 36.4 Å². The Labute approximate surface area is 141 Å². The van der Waals surface area contributed by atoms with Gasteiger partial charge in [-0.2, -0.15) is 0 Å². The largest absolute Gasteiger partial charge is 0.491 e. The highest BCUT2D eigenvalue weighted by molar-refractivity contribution is 5.96. The molecule has 0 radical (unpaired) electrons. The Morgan fingerprint density at radius 1 is 1.00 bits per heavy atom. The summed E-state index contributed by atoms with van der Waals surface area (Å²) in [4.78, 5) is 22.9. The molecule has 0 bridgehead atoms. The van der Waals surface area contributed by atoms with E-state index in [4.69, 9.17) is 9.84 Å². The fourth-order valence-electron chi connectivity index (χ4n) is 2.19. The molecule has 0 aliphatic rings. The number of nitrogens with one attached hydrogen (secondary N) is 1. The van der Waals surface area contributed by atoms with E-state index in [0.29, 0.717) is 18.5 Å². The molecule has 2 rings (SSSR count). The number of ketones is 1. The smallest absolute Gasteiger partial charge is 0.335 e. The van der Waals surface area contributed by atoms with Gasteiger partial charge in [-0.05, 0) is 62.4 Å². The van der Waals surface area contributed by atoms with Crippen LogP contribution < -0.4 is 10.1 Å². The van der Waals surface area contributed by atoms with E-state index < -0.39 is 5.97 Å². The van der Waals surface area contributed by atoms with Crippen LogP contribution in [0.15, 0.2) is 48.5 Å². The van der Waals surface area contributed by atoms with Crippen molar-refractivity contribution < 1.29 is 19.4 Å². The molecule has 5 nitrogen and oxygen atoms in total. The molecule has 2 aromatic carbocycles. The van der Waals surface area contributed by atoms with E-state index >= 15 is 0 Å². The fourth-order valence-corrected chi connectivity index (χ4v) is 2.19. The van der Waals surface area contributed by atoms with Crippen molar-refractivity contribution in [3.63, 3.8) is 0 Å². The van der Waals surface area contributed by atoms with E-state index in [1.807, 2.05) is 13.8 Å². The first-order chi connectivity index (χ1) is 11.5. The van der Waals surface area contributed by atoms with Crippen LogP contribution in [0.3, 0.4) is 0 Å². The average molecular weight is 327 g/mol. The van der Waals surface area contributed by atoms with Crippen molar-refractivity contribution >= 4 is 17.4 Å². The van der Waals surface area contributed by atoms with E-state index in [2.05, 4.69) is 5.32 Å². The van der Waals surface area contributed by atoms with Gasteiger partial charge in [-0.15, -0.1) is 0 Å². The Kier molecular flexibility index (Phi) is 5.95. The van der Waals surface area contributed by atoms with Gasteiger partial charge in [-0.1, -0.05) is 0 Å². The molecule has 0 saturated heterocycles. The quantitative estimate of drug-likeness (QED) is 0.720. The standard InChI is InChI=1S/C19H21NO4/c1-13(2)24-17-9-5-14(6-10-17)18(21)11-12-20-16-7-3-15(4-8-16)19(22)23/h3-10,13,20H,11-12H2,1-2H3,(H,22,23). The Hall–Kier alpha value is -2.82. The number of Topliss-reactive ketones (excluding diaryl/α,β-unsaturated/α-hetero) is 1. The molecule has 5 heteroatoms. The van der Waals surface area contributed by atoms with Crippen molar-refractivity contribution in [1.29, 1.82) is 0 Å². The van der Waals surface area contributed by atoms with Crippen LogP contribution in [0, 0.1) is 0 Å². The van der Waals surface area contributed by atoms with Crippen LogP contribution in [0.5, 0.6) is 5.75 Å². The van der Waals surface area contributed by atoms with Crippen LogP contribution in [0.1, 0.15) is 41.0 Å². The lowest BCUT2D eigenvalue weighted by molar-refractivity contribution is 0.0696. The Morgan fingerprint density at radius 3 is 2.12 bits per heavy atom. The number of carbonyl (C=O) groups excluding carboxylic acids is 1. The van der Waals surface area contributed by atoms with Crippen LogP contribution in [-0.4, -0.2) is 29.5 Å². The monoisotopic (exact) mass is 327 g/mol. The van der Waals surface area contributed by atoms with Crippen molar-refractivity contribution in [2.24, 2.45) is 0 Å². The summed E-state index contributed by atoms with van der Waals surface area (Å²) in [6.45, 7) is 4.39. The molecular formula is C19H21NO4. The van der Waals surface area contributed by atoms with E-state index in [-0.39, 0.29) is 17.5 Å². The molecule has 2 N–H and O–H groups in total. The van der Waals surface area contributed by atoms with Gasteiger partial charge in [-0.25, -0.2) is 4.79 Å². The minimum absolute atomic E-state index is 0.0424. The minimum atomic E-state index is -0.957. The summed E-state index contributed by atoms with van der Waals surface area (Å²) in [7, 11) is 0. The summed E-state index contributed by atoms with van der Waals surface area (Å²) in [5.74, 6) is -0.166. The average Bonchev–Trinajstić information content (AvgIpc) is 2.55. The number of anilines is 1. The molecule has 0 heterocycles. The van der Waals surface area contributed by atoms with Crippen molar-refractivity contribution in [2.75, 3.05) is 11.9 Å². The van der Waals surface area contributed by atoms with E-state index in [0.717, 1.165) is 11.4 Å². The number of benzene rings is 2. The number of aromatic carboxylic acids is 1. The Bertz CT molecular complexity index is 690. The van der Waals surface area contributed by atoms with Gasteiger partial charge in [0.2, 0.25) is 0 Å². The molecular weight excluding hydrogens is 306 g/mol. The molecule has 126 valence electrons. The lowest BCUT2D eigenvalue weighted by Gasteiger charge is -2.10. The second-order valence-electron chi connectivity index (χ2n) is 5.67. The van der Waals surface area contributed by atoms with Gasteiger partial charge in [0, 0.05) is 24.2 Å². The number of ether oxygens (including phenoxy) is 1. The molecule has 0 aromatic heterocycles. The SMILES string of the molecule is CC(C)Oc1ccc(C(=O)CCNc2ccc(C(=O)O)cc2)cc1. The summed E-state index contributed by atoms with van der Waals surface area (Å²) in [5.41, 5.74) is 1.67. The second kappa shape index (κ2) is 8.15. The topological polar surface area (TPSA) is 75.6 Å². The second-order valence-corrected chi connectivity index (χ2v) is 5.67. The van der Waals surface area contributed by atoms with Gasteiger partial charge in [-0.3, -0.25) is 4.79 Å². The van der Waals surface area contributed by atoms with Crippen molar-refractivity contribution in [3.8, 4) is 5.75 Å². The third-order valence-corrected chi connectivity index (χ3v) is 3.36. The van der Waals surface area contributed by atoms with Crippen LogP contribution in [0.25, 0.3) is 0 Å². The summed E-state index contributed by atoms with van der Waals surface area (Å²) in [6, 6.07) is 13.6. The first-order valence-corrected chi connectivity index (χ1v) is 7.83. The number of hydrogen-bond acceptors (Lipinski definition) is 4. The summed E-state index contributed by atoms with van der Waals surface area (Å²) >= 11 is 0. The van der Waals surface area contributed by atoms with Crippen molar-refractivity contribution in [2.45, 2.75) is 26.4 Å². The zero-order valence-electron chi connectivity index (χ0n) is 13.8. The maximum atomic E-state index is 12.2. The lowest BCUT2D eigenvalue weighted by atomic mass is 10.1. The number of carbonyl (C=O) groups is 2. The first-order valence-electron chi connectivity index (χ1n) is 7.83. The summed E-state index contributed by atoms with van der Waals surface area (Å²) in [5, 5.41) is 12.0. The summed E-state index contributed by atoms with van der Waals surface area (Å²) in [6.07, 6.45) is 0.452. The molecule has 2 aromatic rings.